The smallest absolute Gasteiger partial charge is 0.243 e. The Hall–Kier alpha value is -1.06. The summed E-state index contributed by atoms with van der Waals surface area (Å²) >= 11 is 5.75. The number of hydrogen-bond donors (Lipinski definition) is 0. The zero-order valence-corrected chi connectivity index (χ0v) is 13.5. The fourth-order valence-electron chi connectivity index (χ4n) is 2.31. The van der Waals surface area contributed by atoms with Crippen LogP contribution in [0.4, 0.5) is 5.69 Å². The Balaban J connectivity index is 3.39. The van der Waals surface area contributed by atoms with E-state index >= 15 is 0 Å². The summed E-state index contributed by atoms with van der Waals surface area (Å²) in [5.74, 6) is 0.222. The minimum absolute atomic E-state index is 0.0403. The van der Waals surface area contributed by atoms with Crippen LogP contribution in [0.3, 0.4) is 0 Å². The monoisotopic (exact) mass is 297 g/mol. The molecule has 1 rings (SSSR count). The third kappa shape index (κ3) is 3.74. The molecule has 4 heteroatoms. The second-order valence-electron chi connectivity index (χ2n) is 4.89. The normalized spacial score (nSPS) is 12.2. The molecule has 0 spiro atoms. The lowest BCUT2D eigenvalue weighted by atomic mass is 9.93. The van der Waals surface area contributed by atoms with Gasteiger partial charge in [0.05, 0.1) is 5.69 Å². The summed E-state index contributed by atoms with van der Waals surface area (Å²) < 4.78 is 5.20. The molecule has 0 aliphatic heterocycles. The van der Waals surface area contributed by atoms with Gasteiger partial charge >= 0.3 is 0 Å². The number of anilines is 1. The number of rotatable bonds is 7. The van der Waals surface area contributed by atoms with Gasteiger partial charge in [0.25, 0.3) is 0 Å². The largest absolute Gasteiger partial charge is 0.364 e. The maximum atomic E-state index is 12.1. The van der Waals surface area contributed by atoms with E-state index in [1.54, 1.807) is 12.0 Å². The summed E-state index contributed by atoms with van der Waals surface area (Å²) in [7, 11) is 1.59. The van der Waals surface area contributed by atoms with Crippen LogP contribution in [-0.4, -0.2) is 25.6 Å². The summed E-state index contributed by atoms with van der Waals surface area (Å²) in [6, 6.07) is 6.21. The topological polar surface area (TPSA) is 29.5 Å². The van der Waals surface area contributed by atoms with Gasteiger partial charge in [0.2, 0.25) is 5.91 Å². The van der Waals surface area contributed by atoms with E-state index in [9.17, 15) is 4.79 Å². The number of alkyl halides is 1. The molecule has 1 amide bonds. The van der Waals surface area contributed by atoms with Crippen molar-refractivity contribution < 1.29 is 9.53 Å². The van der Waals surface area contributed by atoms with Gasteiger partial charge in [0.1, 0.15) is 12.6 Å². The molecule has 0 bridgehead atoms. The number of amides is 1. The summed E-state index contributed by atoms with van der Waals surface area (Å²) in [6.45, 7) is 6.65. The van der Waals surface area contributed by atoms with E-state index in [1.807, 2.05) is 0 Å². The average molecular weight is 298 g/mol. The number of hydrogen-bond acceptors (Lipinski definition) is 2. The summed E-state index contributed by atoms with van der Waals surface area (Å²) in [6.07, 6.45) is 1.89. The Morgan fingerprint density at radius 1 is 1.40 bits per heavy atom. The van der Waals surface area contributed by atoms with Crippen molar-refractivity contribution in [3.63, 3.8) is 0 Å². The molecular formula is C16H24ClNO2. The lowest BCUT2D eigenvalue weighted by Crippen LogP contribution is -2.35. The molecule has 1 aromatic carbocycles. The number of methoxy groups -OCH3 is 1. The molecule has 0 N–H and O–H groups in total. The molecule has 0 aliphatic rings. The molecule has 112 valence electrons. The Bertz CT molecular complexity index is 448. The highest BCUT2D eigenvalue weighted by Crippen LogP contribution is 2.33. The van der Waals surface area contributed by atoms with E-state index in [1.165, 1.54) is 5.56 Å². The van der Waals surface area contributed by atoms with Crippen molar-refractivity contribution in [1.82, 2.24) is 0 Å². The van der Waals surface area contributed by atoms with Crippen LogP contribution < -0.4 is 4.90 Å². The second kappa shape index (κ2) is 8.28. The van der Waals surface area contributed by atoms with Crippen molar-refractivity contribution in [1.29, 1.82) is 0 Å². The highest BCUT2D eigenvalue weighted by Gasteiger charge is 2.22. The number of benzene rings is 1. The van der Waals surface area contributed by atoms with Gasteiger partial charge in [-0.3, -0.25) is 9.69 Å². The number of aryl methyl sites for hydroxylation is 1. The number of carbonyl (C=O) groups excluding carboxylic acids is 1. The van der Waals surface area contributed by atoms with E-state index in [4.69, 9.17) is 16.3 Å². The van der Waals surface area contributed by atoms with Crippen LogP contribution in [0.25, 0.3) is 0 Å². The minimum atomic E-state index is -0.126. The molecule has 1 aromatic rings. The molecule has 0 radical (unpaired) electrons. The van der Waals surface area contributed by atoms with Gasteiger partial charge < -0.3 is 4.74 Å². The molecule has 0 heterocycles. The summed E-state index contributed by atoms with van der Waals surface area (Å²) in [5.41, 5.74) is 3.30. The van der Waals surface area contributed by atoms with Crippen LogP contribution in [0.1, 0.15) is 44.2 Å². The first-order chi connectivity index (χ1) is 9.60. The van der Waals surface area contributed by atoms with Crippen LogP contribution in [0, 0.1) is 0 Å². The number of nitrogens with zero attached hydrogens (tertiary/aromatic N) is 1. The third-order valence-corrected chi connectivity index (χ3v) is 3.85. The summed E-state index contributed by atoms with van der Waals surface area (Å²) in [4.78, 5) is 13.8. The van der Waals surface area contributed by atoms with Gasteiger partial charge in [-0.1, -0.05) is 39.0 Å². The molecular weight excluding hydrogens is 274 g/mol. The molecule has 3 nitrogen and oxygen atoms in total. The standard InChI is InChI=1S/C16H24ClNO2/c1-5-12(3)14-9-7-8-13(6-2)16(14)18(11-20-4)15(19)10-17/h7-9,12H,5-6,10-11H2,1-4H3. The fraction of sp³-hybridized carbons (Fsp3) is 0.562. The first-order valence-corrected chi connectivity index (χ1v) is 7.61. The molecule has 0 saturated heterocycles. The fourth-order valence-corrected chi connectivity index (χ4v) is 2.45. The Labute approximate surface area is 126 Å². The minimum Gasteiger partial charge on any atom is -0.364 e. The molecule has 1 atom stereocenters. The van der Waals surface area contributed by atoms with Crippen LogP contribution in [-0.2, 0) is 16.0 Å². The average Bonchev–Trinajstić information content (AvgIpc) is 2.50. The zero-order valence-electron chi connectivity index (χ0n) is 12.8. The maximum Gasteiger partial charge on any atom is 0.243 e. The van der Waals surface area contributed by atoms with Gasteiger partial charge in [-0.2, -0.15) is 0 Å². The second-order valence-corrected chi connectivity index (χ2v) is 5.16. The van der Waals surface area contributed by atoms with E-state index in [0.29, 0.717) is 5.92 Å². The van der Waals surface area contributed by atoms with Crippen molar-refractivity contribution in [2.24, 2.45) is 0 Å². The van der Waals surface area contributed by atoms with Gasteiger partial charge in [-0.05, 0) is 29.9 Å². The lowest BCUT2D eigenvalue weighted by Gasteiger charge is -2.28. The van der Waals surface area contributed by atoms with Crippen molar-refractivity contribution in [3.8, 4) is 0 Å². The number of para-hydroxylation sites is 1. The molecule has 0 aliphatic carbocycles. The van der Waals surface area contributed by atoms with Crippen LogP contribution in [0.15, 0.2) is 18.2 Å². The first kappa shape index (κ1) is 17.0. The first-order valence-electron chi connectivity index (χ1n) is 7.07. The SMILES string of the molecule is CCc1cccc(C(C)CC)c1N(COC)C(=O)CCl. The molecule has 20 heavy (non-hydrogen) atoms. The molecule has 0 fully saturated rings. The molecule has 1 unspecified atom stereocenters. The predicted molar refractivity (Wildman–Crippen MR) is 84.6 cm³/mol. The Morgan fingerprint density at radius 3 is 2.60 bits per heavy atom. The highest BCUT2D eigenvalue weighted by atomic mass is 35.5. The van der Waals surface area contributed by atoms with Crippen LogP contribution in [0.5, 0.6) is 0 Å². The van der Waals surface area contributed by atoms with Crippen LogP contribution in [0.2, 0.25) is 0 Å². The maximum absolute atomic E-state index is 12.1. The van der Waals surface area contributed by atoms with E-state index < -0.39 is 0 Å². The summed E-state index contributed by atoms with van der Waals surface area (Å²) in [5, 5.41) is 0. The molecule has 0 saturated carbocycles. The van der Waals surface area contributed by atoms with E-state index in [-0.39, 0.29) is 18.5 Å². The van der Waals surface area contributed by atoms with Gasteiger partial charge in [-0.25, -0.2) is 0 Å². The van der Waals surface area contributed by atoms with Crippen LogP contribution >= 0.6 is 11.6 Å². The Kier molecular flexibility index (Phi) is 7.03. The zero-order chi connectivity index (χ0) is 15.1. The number of carbonyl (C=O) groups is 1. The van der Waals surface area contributed by atoms with E-state index in [2.05, 4.69) is 39.0 Å². The quantitative estimate of drug-likeness (QED) is 0.563. The van der Waals surface area contributed by atoms with Gasteiger partial charge in [-0.15, -0.1) is 11.6 Å². The highest BCUT2D eigenvalue weighted by molar-refractivity contribution is 6.29. The van der Waals surface area contributed by atoms with Crippen molar-refractivity contribution >= 4 is 23.2 Å². The van der Waals surface area contributed by atoms with Crippen molar-refractivity contribution in [2.45, 2.75) is 39.5 Å². The molecule has 0 aromatic heterocycles. The lowest BCUT2D eigenvalue weighted by molar-refractivity contribution is -0.117. The van der Waals surface area contributed by atoms with Crippen molar-refractivity contribution in [2.75, 3.05) is 24.6 Å². The van der Waals surface area contributed by atoms with E-state index in [0.717, 1.165) is 24.1 Å². The number of halogens is 1. The Morgan fingerprint density at radius 2 is 2.10 bits per heavy atom. The van der Waals surface area contributed by atoms with Gasteiger partial charge in [0.15, 0.2) is 0 Å². The third-order valence-electron chi connectivity index (χ3n) is 3.62. The van der Waals surface area contributed by atoms with Gasteiger partial charge in [0, 0.05) is 7.11 Å². The van der Waals surface area contributed by atoms with Crippen molar-refractivity contribution in [3.05, 3.63) is 29.3 Å². The predicted octanol–water partition coefficient (Wildman–Crippen LogP) is 3.94. The number of ether oxygens (including phenoxy) is 1.